The van der Waals surface area contributed by atoms with E-state index < -0.39 is 11.9 Å². The van der Waals surface area contributed by atoms with Gasteiger partial charge in [-0.15, -0.1) is 0 Å². The van der Waals surface area contributed by atoms with Crippen LogP contribution in [0.15, 0.2) is 42.6 Å². The molecule has 94 valence electrons. The van der Waals surface area contributed by atoms with E-state index in [0.717, 1.165) is 11.3 Å². The first-order valence-electron chi connectivity index (χ1n) is 5.67. The van der Waals surface area contributed by atoms with Crippen LogP contribution in [-0.4, -0.2) is 16.2 Å². The van der Waals surface area contributed by atoms with E-state index in [1.165, 1.54) is 6.07 Å². The lowest BCUT2D eigenvalue weighted by Gasteiger charge is -2.10. The summed E-state index contributed by atoms with van der Waals surface area (Å²) in [6.45, 7) is 0. The van der Waals surface area contributed by atoms with E-state index in [4.69, 9.17) is 11.6 Å². The van der Waals surface area contributed by atoms with Crippen LogP contribution in [0.5, 0.6) is 0 Å². The molecule has 2 rings (SSSR count). The van der Waals surface area contributed by atoms with Gasteiger partial charge in [0, 0.05) is 18.3 Å². The molecule has 0 saturated heterocycles. The van der Waals surface area contributed by atoms with Crippen molar-refractivity contribution in [2.24, 2.45) is 0 Å². The number of pyridine rings is 1. The highest BCUT2D eigenvalue weighted by Crippen LogP contribution is 2.17. The Hall–Kier alpha value is -1.45. The number of nitrogens with zero attached hydrogens (tertiary/aromatic N) is 1. The molecular weight excluding hydrogens is 253 g/mol. The Balaban J connectivity index is 1.99. The molecule has 0 bridgehead atoms. The average Bonchev–Trinajstić information content (AvgIpc) is 2.35. The Kier molecular flexibility index (Phi) is 4.28. The van der Waals surface area contributed by atoms with Crippen LogP contribution in [0, 0.1) is 5.82 Å². The molecule has 0 aliphatic rings. The van der Waals surface area contributed by atoms with Crippen LogP contribution in [0.3, 0.4) is 0 Å². The number of benzene rings is 1. The zero-order valence-electron chi connectivity index (χ0n) is 9.68. The number of aliphatic hydroxyl groups excluding tert-OH is 1. The molecule has 18 heavy (non-hydrogen) atoms. The first-order chi connectivity index (χ1) is 8.65. The second-order valence-electron chi connectivity index (χ2n) is 4.13. The molecule has 2 aromatic rings. The SMILES string of the molecule is OC(Cc1ccc(F)c(Cl)c1)Cc1ccccn1. The van der Waals surface area contributed by atoms with Crippen molar-refractivity contribution in [3.05, 3.63) is 64.7 Å². The first-order valence-corrected chi connectivity index (χ1v) is 6.05. The summed E-state index contributed by atoms with van der Waals surface area (Å²) >= 11 is 5.69. The minimum Gasteiger partial charge on any atom is -0.392 e. The Labute approximate surface area is 110 Å². The Morgan fingerprint density at radius 2 is 2.06 bits per heavy atom. The molecule has 0 saturated carbocycles. The second-order valence-corrected chi connectivity index (χ2v) is 4.54. The van der Waals surface area contributed by atoms with Crippen molar-refractivity contribution in [2.75, 3.05) is 0 Å². The number of aromatic nitrogens is 1. The largest absolute Gasteiger partial charge is 0.392 e. The highest BCUT2D eigenvalue weighted by Gasteiger charge is 2.09. The molecule has 0 amide bonds. The molecule has 1 atom stereocenters. The zero-order valence-corrected chi connectivity index (χ0v) is 10.4. The molecule has 1 aromatic carbocycles. The van der Waals surface area contributed by atoms with Crippen molar-refractivity contribution in [3.63, 3.8) is 0 Å². The fourth-order valence-electron chi connectivity index (χ4n) is 1.77. The highest BCUT2D eigenvalue weighted by atomic mass is 35.5. The third-order valence-corrected chi connectivity index (χ3v) is 2.92. The first kappa shape index (κ1) is 13.0. The van der Waals surface area contributed by atoms with Gasteiger partial charge in [0.05, 0.1) is 11.1 Å². The van der Waals surface area contributed by atoms with Gasteiger partial charge in [-0.1, -0.05) is 23.7 Å². The summed E-state index contributed by atoms with van der Waals surface area (Å²) in [6, 6.07) is 10.0. The van der Waals surface area contributed by atoms with Crippen molar-refractivity contribution in [2.45, 2.75) is 18.9 Å². The summed E-state index contributed by atoms with van der Waals surface area (Å²) < 4.78 is 13.0. The van der Waals surface area contributed by atoms with Crippen LogP contribution < -0.4 is 0 Å². The highest BCUT2D eigenvalue weighted by molar-refractivity contribution is 6.30. The minimum absolute atomic E-state index is 0.0811. The summed E-state index contributed by atoms with van der Waals surface area (Å²) in [7, 11) is 0. The Bertz CT molecular complexity index is 518. The third-order valence-electron chi connectivity index (χ3n) is 2.63. The lowest BCUT2D eigenvalue weighted by atomic mass is 10.0. The minimum atomic E-state index is -0.554. The van der Waals surface area contributed by atoms with Gasteiger partial charge in [0.25, 0.3) is 0 Å². The maximum Gasteiger partial charge on any atom is 0.141 e. The zero-order chi connectivity index (χ0) is 13.0. The molecule has 2 nitrogen and oxygen atoms in total. The van der Waals surface area contributed by atoms with E-state index in [9.17, 15) is 9.50 Å². The van der Waals surface area contributed by atoms with Crippen LogP contribution in [0.1, 0.15) is 11.3 Å². The van der Waals surface area contributed by atoms with Gasteiger partial charge in [0.15, 0.2) is 0 Å². The van der Waals surface area contributed by atoms with E-state index >= 15 is 0 Å². The number of aliphatic hydroxyl groups is 1. The summed E-state index contributed by atoms with van der Waals surface area (Å²) in [5.74, 6) is -0.445. The van der Waals surface area contributed by atoms with Crippen LogP contribution in [-0.2, 0) is 12.8 Å². The normalized spacial score (nSPS) is 12.4. The van der Waals surface area contributed by atoms with Gasteiger partial charge in [-0.3, -0.25) is 4.98 Å². The number of hydrogen-bond acceptors (Lipinski definition) is 2. The molecule has 1 heterocycles. The molecular formula is C14H13ClFNO. The van der Waals surface area contributed by atoms with Crippen LogP contribution in [0.2, 0.25) is 5.02 Å². The average molecular weight is 266 g/mol. The van der Waals surface area contributed by atoms with Gasteiger partial charge < -0.3 is 5.11 Å². The summed E-state index contributed by atoms with van der Waals surface area (Å²) in [5, 5.41) is 10.0. The maximum atomic E-state index is 13.0. The number of hydrogen-bond donors (Lipinski definition) is 1. The van der Waals surface area contributed by atoms with E-state index in [0.29, 0.717) is 12.8 Å². The predicted octanol–water partition coefficient (Wildman–Crippen LogP) is 3.02. The van der Waals surface area contributed by atoms with Gasteiger partial charge in [-0.05, 0) is 36.2 Å². The summed E-state index contributed by atoms with van der Waals surface area (Å²) in [5.41, 5.74) is 1.64. The quantitative estimate of drug-likeness (QED) is 0.922. The second kappa shape index (κ2) is 5.94. The molecule has 0 aliphatic heterocycles. The number of rotatable bonds is 4. The molecule has 0 spiro atoms. The van der Waals surface area contributed by atoms with Crippen molar-refractivity contribution >= 4 is 11.6 Å². The fraction of sp³-hybridized carbons (Fsp3) is 0.214. The van der Waals surface area contributed by atoms with Crippen molar-refractivity contribution in [3.8, 4) is 0 Å². The standard InChI is InChI=1S/C14H13ClFNO/c15-13-8-10(4-5-14(13)16)7-12(18)9-11-3-1-2-6-17-11/h1-6,8,12,18H,7,9H2. The Morgan fingerprint density at radius 3 is 2.72 bits per heavy atom. The van der Waals surface area contributed by atoms with Crippen LogP contribution in [0.25, 0.3) is 0 Å². The predicted molar refractivity (Wildman–Crippen MR) is 69.1 cm³/mol. The van der Waals surface area contributed by atoms with Gasteiger partial charge in [-0.2, -0.15) is 0 Å². The lowest BCUT2D eigenvalue weighted by molar-refractivity contribution is 0.174. The fourth-order valence-corrected chi connectivity index (χ4v) is 1.97. The maximum absolute atomic E-state index is 13.0. The van der Waals surface area contributed by atoms with Crippen LogP contribution in [0.4, 0.5) is 4.39 Å². The van der Waals surface area contributed by atoms with Crippen molar-refractivity contribution < 1.29 is 9.50 Å². The van der Waals surface area contributed by atoms with E-state index in [-0.39, 0.29) is 5.02 Å². The lowest BCUT2D eigenvalue weighted by Crippen LogP contribution is -2.14. The topological polar surface area (TPSA) is 33.1 Å². The van der Waals surface area contributed by atoms with Crippen molar-refractivity contribution in [1.82, 2.24) is 4.98 Å². The molecule has 0 radical (unpaired) electrons. The van der Waals surface area contributed by atoms with Gasteiger partial charge in [0.2, 0.25) is 0 Å². The monoisotopic (exact) mass is 265 g/mol. The Morgan fingerprint density at radius 1 is 1.22 bits per heavy atom. The molecule has 1 aromatic heterocycles. The smallest absolute Gasteiger partial charge is 0.141 e. The van der Waals surface area contributed by atoms with Crippen molar-refractivity contribution in [1.29, 1.82) is 0 Å². The molecule has 4 heteroatoms. The summed E-state index contributed by atoms with van der Waals surface area (Å²) in [4.78, 5) is 4.15. The summed E-state index contributed by atoms with van der Waals surface area (Å²) in [6.07, 6.45) is 2.03. The third kappa shape index (κ3) is 3.52. The van der Waals surface area contributed by atoms with Gasteiger partial charge >= 0.3 is 0 Å². The molecule has 0 aliphatic carbocycles. The molecule has 0 fully saturated rings. The molecule has 1 N–H and O–H groups in total. The van der Waals surface area contributed by atoms with E-state index in [1.54, 1.807) is 18.3 Å². The van der Waals surface area contributed by atoms with E-state index in [2.05, 4.69) is 4.98 Å². The van der Waals surface area contributed by atoms with Crippen LogP contribution >= 0.6 is 11.6 Å². The number of halogens is 2. The molecule has 1 unspecified atom stereocenters. The van der Waals surface area contributed by atoms with E-state index in [1.807, 2.05) is 18.2 Å². The van der Waals surface area contributed by atoms with Gasteiger partial charge in [0.1, 0.15) is 5.82 Å². The van der Waals surface area contributed by atoms with Gasteiger partial charge in [-0.25, -0.2) is 4.39 Å².